The summed E-state index contributed by atoms with van der Waals surface area (Å²) in [5.41, 5.74) is 0. The number of hydrogen-bond acceptors (Lipinski definition) is 7. The summed E-state index contributed by atoms with van der Waals surface area (Å²) in [5.74, 6) is -0.358. The summed E-state index contributed by atoms with van der Waals surface area (Å²) in [4.78, 5) is 25.1. The lowest BCUT2D eigenvalue weighted by molar-refractivity contribution is -0.870. The topological polar surface area (TPSA) is 94.1 Å². The highest BCUT2D eigenvalue weighted by Crippen LogP contribution is 2.38. The van der Waals surface area contributed by atoms with Crippen LogP contribution in [0.3, 0.4) is 0 Å². The summed E-state index contributed by atoms with van der Waals surface area (Å²) in [5, 5.41) is 0. The zero-order valence-electron chi connectivity index (χ0n) is 41.0. The van der Waals surface area contributed by atoms with Crippen LogP contribution >= 0.6 is 7.82 Å². The Bertz CT molecular complexity index is 1320. The molecule has 362 valence electrons. The third-order valence-electron chi connectivity index (χ3n) is 10.1. The molecule has 9 heteroatoms. The van der Waals surface area contributed by atoms with Gasteiger partial charge in [0, 0.05) is 13.0 Å². The number of rotatable bonds is 45. The van der Waals surface area contributed by atoms with Crippen LogP contribution in [0.25, 0.3) is 0 Å². The second-order valence-electron chi connectivity index (χ2n) is 17.4. The second-order valence-corrected chi connectivity index (χ2v) is 18.8. The molecule has 0 aromatic rings. The zero-order chi connectivity index (χ0) is 46.2. The fourth-order valence-corrected chi connectivity index (χ4v) is 7.01. The van der Waals surface area contributed by atoms with E-state index in [2.05, 4.69) is 111 Å². The van der Waals surface area contributed by atoms with E-state index in [1.54, 1.807) is 0 Å². The van der Waals surface area contributed by atoms with Gasteiger partial charge in [0.25, 0.3) is 7.82 Å². The van der Waals surface area contributed by atoms with Gasteiger partial charge in [-0.15, -0.1) is 0 Å². The molecule has 0 bridgehead atoms. The number of quaternary nitrogens is 1. The zero-order valence-corrected chi connectivity index (χ0v) is 41.9. The Balaban J connectivity index is 4.29. The van der Waals surface area contributed by atoms with Gasteiger partial charge in [0.05, 0.1) is 34.4 Å². The van der Waals surface area contributed by atoms with Crippen molar-refractivity contribution in [3.05, 3.63) is 97.2 Å². The molecule has 0 rings (SSSR count). The van der Waals surface area contributed by atoms with Gasteiger partial charge in [0.2, 0.25) is 0 Å². The summed E-state index contributed by atoms with van der Waals surface area (Å²) in [6.07, 6.45) is 62.9. The Morgan fingerprint density at radius 1 is 0.508 bits per heavy atom. The van der Waals surface area contributed by atoms with Gasteiger partial charge in [-0.25, -0.2) is 0 Å². The monoisotopic (exact) mass is 900 g/mol. The lowest BCUT2D eigenvalue weighted by Gasteiger charge is -2.28. The van der Waals surface area contributed by atoms with Crippen molar-refractivity contribution in [3.8, 4) is 0 Å². The number of likely N-dealkylation sites (N-methyl/N-ethyl adjacent to an activating group) is 1. The molecule has 0 aliphatic heterocycles. The third-order valence-corrected chi connectivity index (χ3v) is 11.1. The first-order valence-electron chi connectivity index (χ1n) is 25.0. The Kier molecular flexibility index (Phi) is 44.1. The predicted molar refractivity (Wildman–Crippen MR) is 268 cm³/mol. The summed E-state index contributed by atoms with van der Waals surface area (Å²) in [6, 6.07) is 0. The van der Waals surface area contributed by atoms with Gasteiger partial charge < -0.3 is 27.9 Å². The summed E-state index contributed by atoms with van der Waals surface area (Å²) in [7, 11) is 1.31. The van der Waals surface area contributed by atoms with Crippen LogP contribution in [0.4, 0.5) is 0 Å². The van der Waals surface area contributed by atoms with Gasteiger partial charge in [-0.1, -0.05) is 175 Å². The van der Waals surface area contributed by atoms with Crippen molar-refractivity contribution in [1.29, 1.82) is 0 Å². The van der Waals surface area contributed by atoms with E-state index in [9.17, 15) is 14.3 Å². The molecular weight excluding hydrogens is 806 g/mol. The molecule has 0 radical (unpaired) electrons. The molecular formula is C54H94NO7P. The van der Waals surface area contributed by atoms with E-state index >= 15 is 0 Å². The van der Waals surface area contributed by atoms with Crippen LogP contribution in [0.1, 0.15) is 181 Å². The van der Waals surface area contributed by atoms with Crippen molar-refractivity contribution < 1.29 is 37.3 Å². The van der Waals surface area contributed by atoms with Crippen LogP contribution in [0, 0.1) is 0 Å². The highest BCUT2D eigenvalue weighted by molar-refractivity contribution is 7.45. The van der Waals surface area contributed by atoms with E-state index < -0.39 is 13.9 Å². The standard InChI is InChI=1S/C54H94NO7P/c1-6-8-10-12-14-16-18-20-22-24-25-26-27-28-29-30-32-34-36-38-40-42-44-46-49-59-51-53(52-61-63(57,58)60-50-48-55(3,4)5)62-54(56)47-45-43-41-39-37-35-33-31-23-21-19-17-15-13-11-9-7-2/h8,10,14,16,20-23,25-26,28-29,32,34,38,40,53H,6-7,9,11-13,15,17-19,24,27,30-31,33,35-37,39,41-52H2,1-5H3/b10-8-,16-14-,22-20-,23-21-,26-25-,29-28-,34-32-,40-38-. The number of hydrogen-bond donors (Lipinski definition) is 0. The van der Waals surface area contributed by atoms with Crippen molar-refractivity contribution in [2.75, 3.05) is 54.1 Å². The average molecular weight is 900 g/mol. The van der Waals surface area contributed by atoms with E-state index in [0.29, 0.717) is 24.1 Å². The number of nitrogens with zero attached hydrogens (tertiary/aromatic N) is 1. The van der Waals surface area contributed by atoms with Gasteiger partial charge in [-0.05, 0) is 96.3 Å². The van der Waals surface area contributed by atoms with Crippen molar-refractivity contribution in [3.63, 3.8) is 0 Å². The van der Waals surface area contributed by atoms with Gasteiger partial charge in [0.15, 0.2) is 0 Å². The van der Waals surface area contributed by atoms with E-state index in [-0.39, 0.29) is 25.8 Å². The van der Waals surface area contributed by atoms with Crippen LogP contribution in [-0.4, -0.2) is 70.7 Å². The fraction of sp³-hybridized carbons (Fsp3) is 0.685. The molecule has 0 amide bonds. The Morgan fingerprint density at radius 2 is 0.921 bits per heavy atom. The largest absolute Gasteiger partial charge is 0.756 e. The molecule has 63 heavy (non-hydrogen) atoms. The summed E-state index contributed by atoms with van der Waals surface area (Å²) < 4.78 is 34.6. The smallest absolute Gasteiger partial charge is 0.306 e. The van der Waals surface area contributed by atoms with Gasteiger partial charge in [0.1, 0.15) is 19.3 Å². The van der Waals surface area contributed by atoms with Crippen molar-refractivity contribution >= 4 is 13.8 Å². The fourth-order valence-electron chi connectivity index (χ4n) is 6.28. The minimum atomic E-state index is -4.55. The Morgan fingerprint density at radius 3 is 1.40 bits per heavy atom. The second kappa shape index (κ2) is 46.0. The average Bonchev–Trinajstić information content (AvgIpc) is 3.24. The molecule has 0 heterocycles. The molecule has 0 aromatic heterocycles. The van der Waals surface area contributed by atoms with Gasteiger partial charge in [-0.3, -0.25) is 9.36 Å². The van der Waals surface area contributed by atoms with Crippen molar-refractivity contribution in [2.45, 2.75) is 187 Å². The van der Waals surface area contributed by atoms with E-state index in [0.717, 1.165) is 83.5 Å². The molecule has 8 nitrogen and oxygen atoms in total. The molecule has 0 spiro atoms. The number of allylic oxidation sites excluding steroid dienone is 16. The highest BCUT2D eigenvalue weighted by atomic mass is 31.2. The maximum absolute atomic E-state index is 12.7. The maximum Gasteiger partial charge on any atom is 0.306 e. The molecule has 0 saturated heterocycles. The molecule has 0 aliphatic carbocycles. The van der Waals surface area contributed by atoms with E-state index in [1.165, 1.54) is 77.0 Å². The lowest BCUT2D eigenvalue weighted by atomic mass is 10.1. The van der Waals surface area contributed by atoms with Crippen LogP contribution in [-0.2, 0) is 27.9 Å². The normalized spacial score (nSPS) is 14.4. The quantitative estimate of drug-likeness (QED) is 0.0197. The summed E-state index contributed by atoms with van der Waals surface area (Å²) >= 11 is 0. The van der Waals surface area contributed by atoms with E-state index in [4.69, 9.17) is 18.5 Å². The number of esters is 1. The van der Waals surface area contributed by atoms with Crippen LogP contribution in [0.15, 0.2) is 97.2 Å². The third kappa shape index (κ3) is 50.3. The molecule has 2 atom stereocenters. The predicted octanol–water partition coefficient (Wildman–Crippen LogP) is 14.8. The number of carbonyl (C=O) groups is 1. The molecule has 2 unspecified atom stereocenters. The first-order chi connectivity index (χ1) is 30.6. The van der Waals surface area contributed by atoms with Gasteiger partial charge >= 0.3 is 5.97 Å². The first kappa shape index (κ1) is 60.4. The molecule has 0 N–H and O–H groups in total. The molecule has 0 aliphatic rings. The Labute approximate surface area is 387 Å². The minimum Gasteiger partial charge on any atom is -0.756 e. The number of carbonyl (C=O) groups excluding carboxylic acids is 1. The SMILES string of the molecule is CC/C=C\C/C=C\C/C=C\C/C=C\C/C=C\C/C=C\C/C=C\CCCCOCC(COP(=O)([O-])OCC[N+](C)(C)C)OC(=O)CCCCCCCCC/C=C\CCCCCCCC. The molecule has 0 aromatic carbocycles. The maximum atomic E-state index is 12.7. The number of ether oxygens (including phenoxy) is 2. The van der Waals surface area contributed by atoms with Crippen molar-refractivity contribution in [2.24, 2.45) is 0 Å². The molecule has 0 saturated carbocycles. The van der Waals surface area contributed by atoms with Crippen LogP contribution in [0.5, 0.6) is 0 Å². The number of phosphoric acid groups is 1. The van der Waals surface area contributed by atoms with Crippen LogP contribution < -0.4 is 4.89 Å². The highest BCUT2D eigenvalue weighted by Gasteiger charge is 2.20. The lowest BCUT2D eigenvalue weighted by Crippen LogP contribution is -2.37. The van der Waals surface area contributed by atoms with Crippen molar-refractivity contribution in [1.82, 2.24) is 0 Å². The number of phosphoric ester groups is 1. The van der Waals surface area contributed by atoms with Gasteiger partial charge in [-0.2, -0.15) is 0 Å². The Hall–Kier alpha value is -2.58. The molecule has 0 fully saturated rings. The first-order valence-corrected chi connectivity index (χ1v) is 26.4. The minimum absolute atomic E-state index is 0.0113. The number of unbranched alkanes of at least 4 members (excludes halogenated alkanes) is 15. The van der Waals surface area contributed by atoms with E-state index in [1.807, 2.05) is 21.1 Å². The summed E-state index contributed by atoms with van der Waals surface area (Å²) in [6.45, 7) is 5.16. The van der Waals surface area contributed by atoms with Crippen LogP contribution in [0.2, 0.25) is 0 Å².